The predicted octanol–water partition coefficient (Wildman–Crippen LogP) is 3.34. The van der Waals surface area contributed by atoms with Gasteiger partial charge in [0.1, 0.15) is 13.2 Å². The van der Waals surface area contributed by atoms with E-state index in [2.05, 4.69) is 12.1 Å². The van der Waals surface area contributed by atoms with E-state index in [0.29, 0.717) is 6.54 Å². The van der Waals surface area contributed by atoms with E-state index in [0.717, 1.165) is 22.3 Å². The van der Waals surface area contributed by atoms with Crippen molar-refractivity contribution in [2.75, 3.05) is 19.7 Å². The number of carbonyl (C=O) groups excluding carboxylic acids is 1. The Morgan fingerprint density at radius 3 is 2.08 bits per heavy atom. The lowest BCUT2D eigenvalue weighted by atomic mass is 9.98. The standard InChI is InChI=1S/C19H19NO4/c1-2-20(11-18(21)22)19(23)24-12-17-15-9-5-3-7-13(15)14-8-4-6-10-16(14)17/h3-10,17H,2,11-12H2,1H3,(H,21,22). The predicted molar refractivity (Wildman–Crippen MR) is 90.0 cm³/mol. The summed E-state index contributed by atoms with van der Waals surface area (Å²) in [7, 11) is 0. The molecule has 1 amide bonds. The molecule has 0 saturated heterocycles. The minimum atomic E-state index is -1.05. The molecule has 3 rings (SSSR count). The lowest BCUT2D eigenvalue weighted by molar-refractivity contribution is -0.137. The molecule has 0 spiro atoms. The van der Waals surface area contributed by atoms with E-state index in [-0.39, 0.29) is 19.1 Å². The molecule has 0 radical (unpaired) electrons. The van der Waals surface area contributed by atoms with Crippen molar-refractivity contribution >= 4 is 12.1 Å². The first-order valence-corrected chi connectivity index (χ1v) is 7.93. The first kappa shape index (κ1) is 16.1. The molecule has 1 N–H and O–H groups in total. The van der Waals surface area contributed by atoms with Crippen LogP contribution in [0.25, 0.3) is 11.1 Å². The minimum absolute atomic E-state index is 0.0233. The first-order chi connectivity index (χ1) is 11.6. The number of benzene rings is 2. The minimum Gasteiger partial charge on any atom is -0.480 e. The zero-order valence-electron chi connectivity index (χ0n) is 13.4. The van der Waals surface area contributed by atoms with Crippen LogP contribution in [0.1, 0.15) is 24.0 Å². The van der Waals surface area contributed by atoms with Gasteiger partial charge >= 0.3 is 12.1 Å². The number of hydrogen-bond donors (Lipinski definition) is 1. The van der Waals surface area contributed by atoms with Crippen molar-refractivity contribution in [3.05, 3.63) is 59.7 Å². The number of ether oxygens (including phenoxy) is 1. The molecule has 0 unspecified atom stereocenters. The fourth-order valence-electron chi connectivity index (χ4n) is 3.15. The third-order valence-electron chi connectivity index (χ3n) is 4.30. The topological polar surface area (TPSA) is 66.8 Å². The van der Waals surface area contributed by atoms with Gasteiger partial charge < -0.3 is 9.84 Å². The number of carbonyl (C=O) groups is 2. The molecule has 5 nitrogen and oxygen atoms in total. The monoisotopic (exact) mass is 325 g/mol. The summed E-state index contributed by atoms with van der Waals surface area (Å²) in [5.41, 5.74) is 4.58. The molecule has 5 heteroatoms. The molecular formula is C19H19NO4. The number of fused-ring (bicyclic) bond motifs is 3. The van der Waals surface area contributed by atoms with Crippen molar-refractivity contribution in [1.29, 1.82) is 0 Å². The van der Waals surface area contributed by atoms with E-state index in [9.17, 15) is 9.59 Å². The lowest BCUT2D eigenvalue weighted by Crippen LogP contribution is -2.36. The van der Waals surface area contributed by atoms with Crippen molar-refractivity contribution < 1.29 is 19.4 Å². The summed E-state index contributed by atoms with van der Waals surface area (Å²) in [6.45, 7) is 1.86. The Morgan fingerprint density at radius 1 is 1.04 bits per heavy atom. The Kier molecular flexibility index (Phi) is 4.51. The first-order valence-electron chi connectivity index (χ1n) is 7.93. The van der Waals surface area contributed by atoms with E-state index < -0.39 is 12.1 Å². The van der Waals surface area contributed by atoms with Crippen LogP contribution in [0.15, 0.2) is 48.5 Å². The normalized spacial score (nSPS) is 12.4. The Hall–Kier alpha value is -2.82. The number of hydrogen-bond acceptors (Lipinski definition) is 3. The number of nitrogens with zero attached hydrogens (tertiary/aromatic N) is 1. The maximum Gasteiger partial charge on any atom is 0.410 e. The Bertz CT molecular complexity index is 726. The second kappa shape index (κ2) is 6.74. The van der Waals surface area contributed by atoms with Crippen LogP contribution in [-0.4, -0.2) is 41.8 Å². The van der Waals surface area contributed by atoms with Crippen molar-refractivity contribution in [2.45, 2.75) is 12.8 Å². The Balaban J connectivity index is 1.78. The van der Waals surface area contributed by atoms with Gasteiger partial charge in [0.05, 0.1) is 0 Å². The van der Waals surface area contributed by atoms with Crippen LogP contribution < -0.4 is 0 Å². The second-order valence-corrected chi connectivity index (χ2v) is 5.71. The molecule has 2 aromatic carbocycles. The van der Waals surface area contributed by atoms with E-state index >= 15 is 0 Å². The van der Waals surface area contributed by atoms with Crippen molar-refractivity contribution in [1.82, 2.24) is 4.90 Å². The molecule has 0 saturated carbocycles. The smallest absolute Gasteiger partial charge is 0.410 e. The molecule has 24 heavy (non-hydrogen) atoms. The average Bonchev–Trinajstić information content (AvgIpc) is 2.91. The number of likely N-dealkylation sites (N-methyl/N-ethyl adjacent to an activating group) is 1. The molecule has 1 aliphatic rings. The highest BCUT2D eigenvalue weighted by Gasteiger charge is 2.29. The summed E-state index contributed by atoms with van der Waals surface area (Å²) in [5.74, 6) is -1.07. The van der Waals surface area contributed by atoms with Crippen molar-refractivity contribution in [3.8, 4) is 11.1 Å². The maximum absolute atomic E-state index is 12.1. The van der Waals surface area contributed by atoms with Gasteiger partial charge in [-0.1, -0.05) is 48.5 Å². The third-order valence-corrected chi connectivity index (χ3v) is 4.30. The third kappa shape index (κ3) is 2.97. The van der Waals surface area contributed by atoms with Crippen LogP contribution in [0.2, 0.25) is 0 Å². The molecule has 2 aromatic rings. The van der Waals surface area contributed by atoms with E-state index in [1.807, 2.05) is 36.4 Å². The SMILES string of the molecule is CCN(CC(=O)O)C(=O)OCC1c2ccccc2-c2ccccc21. The number of amides is 1. The number of carboxylic acids is 1. The van der Waals surface area contributed by atoms with Crippen LogP contribution >= 0.6 is 0 Å². The fourth-order valence-corrected chi connectivity index (χ4v) is 3.15. The molecule has 0 aliphatic heterocycles. The van der Waals surface area contributed by atoms with Gasteiger partial charge in [0, 0.05) is 12.5 Å². The van der Waals surface area contributed by atoms with Gasteiger partial charge in [-0.15, -0.1) is 0 Å². The van der Waals surface area contributed by atoms with E-state index in [4.69, 9.17) is 9.84 Å². The molecule has 0 aromatic heterocycles. The second-order valence-electron chi connectivity index (χ2n) is 5.71. The molecule has 0 bridgehead atoms. The number of aliphatic carboxylic acids is 1. The van der Waals surface area contributed by atoms with Crippen LogP contribution in [-0.2, 0) is 9.53 Å². The van der Waals surface area contributed by atoms with Crippen molar-refractivity contribution in [3.63, 3.8) is 0 Å². The summed E-state index contributed by atoms with van der Waals surface area (Å²) in [6.07, 6.45) is -0.596. The van der Waals surface area contributed by atoms with Crippen LogP contribution in [0.5, 0.6) is 0 Å². The highest BCUT2D eigenvalue weighted by atomic mass is 16.6. The summed E-state index contributed by atoms with van der Waals surface area (Å²) in [6, 6.07) is 16.2. The van der Waals surface area contributed by atoms with Crippen LogP contribution in [0.4, 0.5) is 4.79 Å². The highest BCUT2D eigenvalue weighted by molar-refractivity contribution is 5.79. The summed E-state index contributed by atoms with van der Waals surface area (Å²) in [4.78, 5) is 24.1. The maximum atomic E-state index is 12.1. The van der Waals surface area contributed by atoms with E-state index in [1.54, 1.807) is 6.92 Å². The zero-order valence-corrected chi connectivity index (χ0v) is 13.4. The quantitative estimate of drug-likeness (QED) is 0.915. The summed E-state index contributed by atoms with van der Waals surface area (Å²) >= 11 is 0. The van der Waals surface area contributed by atoms with Gasteiger partial charge in [-0.25, -0.2) is 4.79 Å². The Labute approximate surface area is 140 Å². The largest absolute Gasteiger partial charge is 0.480 e. The summed E-state index contributed by atoms with van der Waals surface area (Å²) in [5, 5.41) is 8.85. The average molecular weight is 325 g/mol. The lowest BCUT2D eigenvalue weighted by Gasteiger charge is -2.20. The molecule has 0 atom stereocenters. The van der Waals surface area contributed by atoms with E-state index in [1.165, 1.54) is 4.90 Å². The Morgan fingerprint density at radius 2 is 1.58 bits per heavy atom. The highest BCUT2D eigenvalue weighted by Crippen LogP contribution is 2.44. The number of carboxylic acid groups (broad SMARTS) is 1. The van der Waals surface area contributed by atoms with Gasteiger partial charge in [0.15, 0.2) is 0 Å². The molecule has 0 fully saturated rings. The van der Waals surface area contributed by atoms with Gasteiger partial charge in [-0.3, -0.25) is 9.69 Å². The van der Waals surface area contributed by atoms with Crippen LogP contribution in [0.3, 0.4) is 0 Å². The molecular weight excluding hydrogens is 306 g/mol. The summed E-state index contributed by atoms with van der Waals surface area (Å²) < 4.78 is 5.42. The van der Waals surface area contributed by atoms with Gasteiger partial charge in [-0.05, 0) is 29.2 Å². The van der Waals surface area contributed by atoms with Crippen LogP contribution in [0, 0.1) is 0 Å². The number of rotatable bonds is 5. The van der Waals surface area contributed by atoms with Gasteiger partial charge in [-0.2, -0.15) is 0 Å². The molecule has 0 heterocycles. The van der Waals surface area contributed by atoms with Gasteiger partial charge in [0.25, 0.3) is 0 Å². The van der Waals surface area contributed by atoms with Crippen molar-refractivity contribution in [2.24, 2.45) is 0 Å². The molecule has 124 valence electrons. The fraction of sp³-hybridized carbons (Fsp3) is 0.263. The molecule has 1 aliphatic carbocycles. The zero-order chi connectivity index (χ0) is 17.1. The van der Waals surface area contributed by atoms with Gasteiger partial charge in [0.2, 0.25) is 0 Å².